The zero-order valence-electron chi connectivity index (χ0n) is 7.29. The number of primary amides is 1. The van der Waals surface area contributed by atoms with Gasteiger partial charge in [0, 0.05) is 6.42 Å². The average molecular weight is 184 g/mol. The predicted molar refractivity (Wildman–Crippen MR) is 46.7 cm³/mol. The largest absolute Gasteiger partial charge is 0.350 e. The number of hydrogen-bond acceptors (Lipinski definition) is 4. The second-order valence-electron chi connectivity index (χ2n) is 2.47. The highest BCUT2D eigenvalue weighted by atomic mass is 16.2. The predicted octanol–water partition coefficient (Wildman–Crippen LogP) is -0.248. The molecular formula is C6H12N6O. The minimum Gasteiger partial charge on any atom is -0.350 e. The maximum atomic E-state index is 10.3. The van der Waals surface area contributed by atoms with Gasteiger partial charge in [0.2, 0.25) is 0 Å². The van der Waals surface area contributed by atoms with Gasteiger partial charge in [0.15, 0.2) is 0 Å². The van der Waals surface area contributed by atoms with Crippen LogP contribution in [-0.2, 0) is 6.42 Å². The van der Waals surface area contributed by atoms with Crippen molar-refractivity contribution < 1.29 is 4.79 Å². The Morgan fingerprint density at radius 2 is 2.46 bits per heavy atom. The van der Waals surface area contributed by atoms with Crippen LogP contribution in [-0.4, -0.2) is 21.2 Å². The lowest BCUT2D eigenvalue weighted by Crippen LogP contribution is -2.34. The number of anilines is 1. The maximum Gasteiger partial charge on any atom is 0.330 e. The number of H-pyrrole nitrogens is 1. The van der Waals surface area contributed by atoms with E-state index in [0.717, 1.165) is 18.7 Å². The first-order valence-corrected chi connectivity index (χ1v) is 3.95. The summed E-state index contributed by atoms with van der Waals surface area (Å²) in [6, 6.07) is -0.679. The Morgan fingerprint density at radius 1 is 1.69 bits per heavy atom. The number of nitrogens with one attached hydrogen (secondary N) is 3. The number of hydrogen-bond donors (Lipinski definition) is 4. The molecule has 0 bridgehead atoms. The summed E-state index contributed by atoms with van der Waals surface area (Å²) in [6.07, 6.45) is 1.81. The highest BCUT2D eigenvalue weighted by Crippen LogP contribution is 1.98. The molecule has 7 nitrogen and oxygen atoms in total. The molecule has 5 N–H and O–H groups in total. The van der Waals surface area contributed by atoms with Crippen LogP contribution in [0.4, 0.5) is 10.7 Å². The number of amides is 2. The fraction of sp³-hybridized carbons (Fsp3) is 0.500. The molecule has 0 atom stereocenters. The number of nitrogens with zero attached hydrogens (tertiary/aromatic N) is 2. The molecule has 7 heteroatoms. The summed E-state index contributed by atoms with van der Waals surface area (Å²) in [6.45, 7) is 2.04. The third-order valence-corrected chi connectivity index (χ3v) is 1.32. The number of aromatic amines is 1. The monoisotopic (exact) mass is 184 g/mol. The highest BCUT2D eigenvalue weighted by molar-refractivity contribution is 5.72. The van der Waals surface area contributed by atoms with E-state index in [-0.39, 0.29) is 0 Å². The van der Waals surface area contributed by atoms with Crippen LogP contribution in [0.5, 0.6) is 0 Å². The highest BCUT2D eigenvalue weighted by Gasteiger charge is 2.01. The van der Waals surface area contributed by atoms with Gasteiger partial charge < -0.3 is 5.73 Å². The van der Waals surface area contributed by atoms with E-state index in [1.165, 1.54) is 0 Å². The molecule has 0 aliphatic rings. The van der Waals surface area contributed by atoms with Gasteiger partial charge in [-0.1, -0.05) is 6.92 Å². The Bertz CT molecular complexity index is 282. The number of rotatable bonds is 4. The minimum atomic E-state index is -0.679. The minimum absolute atomic E-state index is 0.308. The van der Waals surface area contributed by atoms with E-state index in [4.69, 9.17) is 5.73 Å². The lowest BCUT2D eigenvalue weighted by molar-refractivity contribution is 0.250. The number of aromatic nitrogens is 3. The third kappa shape index (κ3) is 2.97. The van der Waals surface area contributed by atoms with Crippen molar-refractivity contribution in [3.05, 3.63) is 5.82 Å². The molecule has 0 saturated heterocycles. The van der Waals surface area contributed by atoms with Crippen LogP contribution >= 0.6 is 0 Å². The number of carbonyl (C=O) groups is 1. The molecule has 0 radical (unpaired) electrons. The quantitative estimate of drug-likeness (QED) is 0.484. The van der Waals surface area contributed by atoms with E-state index in [1.54, 1.807) is 0 Å². The Labute approximate surface area is 75.1 Å². The van der Waals surface area contributed by atoms with Gasteiger partial charge in [-0.2, -0.15) is 4.98 Å². The summed E-state index contributed by atoms with van der Waals surface area (Å²) in [5.74, 6) is 1.08. The molecule has 0 aromatic carbocycles. The molecule has 1 rings (SSSR count). The molecule has 0 fully saturated rings. The van der Waals surface area contributed by atoms with E-state index < -0.39 is 6.03 Å². The van der Waals surface area contributed by atoms with E-state index in [2.05, 4.69) is 26.0 Å². The number of urea groups is 1. The van der Waals surface area contributed by atoms with Gasteiger partial charge in [-0.25, -0.2) is 10.2 Å². The molecule has 72 valence electrons. The standard InChI is InChI=1S/C6H12N6O/c1-2-3-4-8-6(11-9-4)12-10-5(7)13/h2-3H2,1H3,(H3,7,10,13)(H2,8,9,11,12). The van der Waals surface area contributed by atoms with Gasteiger partial charge in [0.25, 0.3) is 5.95 Å². The normalized spacial score (nSPS) is 9.62. The van der Waals surface area contributed by atoms with Gasteiger partial charge in [-0.05, 0) is 6.42 Å². The summed E-state index contributed by atoms with van der Waals surface area (Å²) in [7, 11) is 0. The van der Waals surface area contributed by atoms with Crippen molar-refractivity contribution in [2.45, 2.75) is 19.8 Å². The lowest BCUT2D eigenvalue weighted by Gasteiger charge is -1.98. The van der Waals surface area contributed by atoms with Crippen molar-refractivity contribution in [1.29, 1.82) is 0 Å². The van der Waals surface area contributed by atoms with Crippen LogP contribution in [0, 0.1) is 0 Å². The lowest BCUT2D eigenvalue weighted by atomic mass is 10.3. The molecule has 2 amide bonds. The van der Waals surface area contributed by atoms with Crippen LogP contribution in [0.2, 0.25) is 0 Å². The van der Waals surface area contributed by atoms with E-state index in [9.17, 15) is 4.79 Å². The summed E-state index contributed by atoms with van der Waals surface area (Å²) in [5, 5.41) is 6.50. The Kier molecular flexibility index (Phi) is 3.07. The van der Waals surface area contributed by atoms with Gasteiger partial charge in [-0.3, -0.25) is 10.5 Å². The van der Waals surface area contributed by atoms with Crippen molar-refractivity contribution in [1.82, 2.24) is 20.6 Å². The molecule has 0 aliphatic carbocycles. The van der Waals surface area contributed by atoms with Crippen molar-refractivity contribution >= 4 is 12.0 Å². The topological polar surface area (TPSA) is 109 Å². The van der Waals surface area contributed by atoms with E-state index in [0.29, 0.717) is 5.95 Å². The van der Waals surface area contributed by atoms with Crippen molar-refractivity contribution in [3.8, 4) is 0 Å². The average Bonchev–Trinajstić information content (AvgIpc) is 2.50. The molecule has 1 aromatic rings. The fourth-order valence-corrected chi connectivity index (χ4v) is 0.817. The molecule has 1 aromatic heterocycles. The third-order valence-electron chi connectivity index (χ3n) is 1.32. The maximum absolute atomic E-state index is 10.3. The fourth-order valence-electron chi connectivity index (χ4n) is 0.817. The van der Waals surface area contributed by atoms with Crippen molar-refractivity contribution in [2.75, 3.05) is 5.43 Å². The number of hydrazine groups is 1. The molecule has 0 saturated carbocycles. The second kappa shape index (κ2) is 4.29. The molecular weight excluding hydrogens is 172 g/mol. The zero-order chi connectivity index (χ0) is 9.68. The SMILES string of the molecule is CCCc1nc(NNC(N)=O)n[nH]1. The van der Waals surface area contributed by atoms with E-state index in [1.807, 2.05) is 6.92 Å². The van der Waals surface area contributed by atoms with Crippen LogP contribution < -0.4 is 16.6 Å². The summed E-state index contributed by atoms with van der Waals surface area (Å²) < 4.78 is 0. The van der Waals surface area contributed by atoms with Crippen LogP contribution in [0.25, 0.3) is 0 Å². The Morgan fingerprint density at radius 3 is 3.08 bits per heavy atom. The summed E-state index contributed by atoms with van der Waals surface area (Å²) in [5.41, 5.74) is 9.43. The molecule has 0 spiro atoms. The van der Waals surface area contributed by atoms with Crippen molar-refractivity contribution in [3.63, 3.8) is 0 Å². The van der Waals surface area contributed by atoms with Gasteiger partial charge >= 0.3 is 6.03 Å². The number of carbonyl (C=O) groups excluding carboxylic acids is 1. The molecule has 0 unspecified atom stereocenters. The molecule has 1 heterocycles. The van der Waals surface area contributed by atoms with Crippen LogP contribution in [0.3, 0.4) is 0 Å². The number of aryl methyl sites for hydroxylation is 1. The van der Waals surface area contributed by atoms with Crippen LogP contribution in [0.1, 0.15) is 19.2 Å². The first kappa shape index (κ1) is 9.30. The smallest absolute Gasteiger partial charge is 0.330 e. The van der Waals surface area contributed by atoms with Crippen molar-refractivity contribution in [2.24, 2.45) is 5.73 Å². The Balaban J connectivity index is 2.44. The summed E-state index contributed by atoms with van der Waals surface area (Å²) in [4.78, 5) is 14.3. The van der Waals surface area contributed by atoms with Gasteiger partial charge in [-0.15, -0.1) is 5.10 Å². The zero-order valence-corrected chi connectivity index (χ0v) is 7.29. The first-order chi connectivity index (χ1) is 6.22. The number of nitrogens with two attached hydrogens (primary N) is 1. The first-order valence-electron chi connectivity index (χ1n) is 3.95. The van der Waals surface area contributed by atoms with E-state index >= 15 is 0 Å². The van der Waals surface area contributed by atoms with Crippen LogP contribution in [0.15, 0.2) is 0 Å². The molecule has 13 heavy (non-hydrogen) atoms. The summed E-state index contributed by atoms with van der Waals surface area (Å²) >= 11 is 0. The van der Waals surface area contributed by atoms with Gasteiger partial charge in [0.05, 0.1) is 0 Å². The molecule has 0 aliphatic heterocycles. The Hall–Kier alpha value is -1.79. The van der Waals surface area contributed by atoms with Gasteiger partial charge in [0.1, 0.15) is 5.82 Å². The second-order valence-corrected chi connectivity index (χ2v) is 2.47.